The minimum atomic E-state index is -1.41. The van der Waals surface area contributed by atoms with Gasteiger partial charge in [-0.3, -0.25) is 19.1 Å². The maximum absolute atomic E-state index is 13.1. The Bertz CT molecular complexity index is 580. The number of nitrogens with one attached hydrogen (secondary N) is 1. The number of rotatable bonds is 5. The van der Waals surface area contributed by atoms with Crippen LogP contribution in [-0.4, -0.2) is 33.1 Å². The Morgan fingerprint density at radius 1 is 1.45 bits per heavy atom. The molecule has 9 heteroatoms. The van der Waals surface area contributed by atoms with Crippen LogP contribution in [0.2, 0.25) is 0 Å². The second kappa shape index (κ2) is 6.51. The molecule has 0 aliphatic rings. The zero-order valence-electron chi connectivity index (χ0n) is 10.7. The molecule has 0 fully saturated rings. The molecule has 2 atom stereocenters. The highest BCUT2D eigenvalue weighted by Crippen LogP contribution is 2.22. The lowest BCUT2D eigenvalue weighted by Gasteiger charge is -2.10. The van der Waals surface area contributed by atoms with E-state index in [4.69, 9.17) is 0 Å². The Balaban J connectivity index is 3.00. The van der Waals surface area contributed by atoms with Gasteiger partial charge in [-0.2, -0.15) is 0 Å². The number of amides is 1. The summed E-state index contributed by atoms with van der Waals surface area (Å²) in [4.78, 5) is 21.5. The van der Waals surface area contributed by atoms with E-state index >= 15 is 0 Å². The molecular weight excluding hydrogens is 294 g/mol. The highest BCUT2D eigenvalue weighted by atomic mass is 32.2. The van der Waals surface area contributed by atoms with Crippen molar-refractivity contribution in [2.45, 2.75) is 12.2 Å². The average molecular weight is 306 g/mol. The second-order valence-electron chi connectivity index (χ2n) is 4.06. The Morgan fingerprint density at radius 2 is 2.00 bits per heavy atom. The Kier molecular flexibility index (Phi) is 5.26. The Hall–Kier alpha value is -1.90. The predicted octanol–water partition coefficient (Wildman–Crippen LogP) is 1.37. The molecule has 1 amide bonds. The van der Waals surface area contributed by atoms with Gasteiger partial charge in [-0.25, -0.2) is 8.78 Å². The maximum Gasteiger partial charge on any atom is 0.285 e. The van der Waals surface area contributed by atoms with Gasteiger partial charge in [0.15, 0.2) is 11.6 Å². The van der Waals surface area contributed by atoms with E-state index in [1.165, 1.54) is 6.26 Å². The molecule has 0 spiro atoms. The maximum atomic E-state index is 13.1. The highest BCUT2D eigenvalue weighted by Gasteiger charge is 2.24. The standard InChI is InChI=1S/C11H12F2N2O4S/c1-6(20(2)19)5-14-11(16)7-3-8(12)9(13)4-10(7)15(17)18/h3-4,6H,5H2,1-2H3,(H,14,16). The largest absolute Gasteiger partial charge is 0.351 e. The Labute approximate surface area is 115 Å². The summed E-state index contributed by atoms with van der Waals surface area (Å²) < 4.78 is 37.1. The molecule has 1 aromatic rings. The predicted molar refractivity (Wildman–Crippen MR) is 68.9 cm³/mol. The third kappa shape index (κ3) is 3.80. The summed E-state index contributed by atoms with van der Waals surface area (Å²) in [6.45, 7) is 1.61. The highest BCUT2D eigenvalue weighted by molar-refractivity contribution is 7.84. The number of nitro benzene ring substituents is 1. The summed E-state index contributed by atoms with van der Waals surface area (Å²) in [6.07, 6.45) is 1.44. The van der Waals surface area contributed by atoms with Crippen molar-refractivity contribution in [3.05, 3.63) is 39.4 Å². The zero-order valence-corrected chi connectivity index (χ0v) is 11.5. The van der Waals surface area contributed by atoms with Gasteiger partial charge in [0.2, 0.25) is 0 Å². The smallest absolute Gasteiger partial charge is 0.285 e. The van der Waals surface area contributed by atoms with E-state index in [0.717, 1.165) is 0 Å². The molecule has 0 saturated carbocycles. The van der Waals surface area contributed by atoms with Gasteiger partial charge in [0.25, 0.3) is 11.6 Å². The number of benzene rings is 1. The fourth-order valence-corrected chi connectivity index (χ4v) is 1.64. The first kappa shape index (κ1) is 16.2. The molecule has 110 valence electrons. The molecule has 0 radical (unpaired) electrons. The van der Waals surface area contributed by atoms with Crippen molar-refractivity contribution < 1.29 is 22.7 Å². The van der Waals surface area contributed by atoms with Gasteiger partial charge < -0.3 is 5.32 Å². The minimum Gasteiger partial charge on any atom is -0.351 e. The second-order valence-corrected chi connectivity index (χ2v) is 5.86. The average Bonchev–Trinajstić information content (AvgIpc) is 2.37. The number of nitro groups is 1. The van der Waals surface area contributed by atoms with Crippen molar-refractivity contribution in [3.8, 4) is 0 Å². The SMILES string of the molecule is CC(CNC(=O)c1cc(F)c(F)cc1[N+](=O)[O-])S(C)=O. The lowest BCUT2D eigenvalue weighted by molar-refractivity contribution is -0.385. The molecule has 1 N–H and O–H groups in total. The number of carbonyl (C=O) groups is 1. The zero-order chi connectivity index (χ0) is 15.4. The Morgan fingerprint density at radius 3 is 2.50 bits per heavy atom. The molecule has 20 heavy (non-hydrogen) atoms. The number of carbonyl (C=O) groups excluding carboxylic acids is 1. The van der Waals surface area contributed by atoms with E-state index < -0.39 is 44.5 Å². The van der Waals surface area contributed by atoms with Crippen LogP contribution in [0.25, 0.3) is 0 Å². The summed E-state index contributed by atoms with van der Waals surface area (Å²) in [6, 6.07) is 0.821. The van der Waals surface area contributed by atoms with Crippen LogP contribution in [-0.2, 0) is 10.8 Å². The third-order valence-corrected chi connectivity index (χ3v) is 3.90. The molecule has 0 saturated heterocycles. The van der Waals surface area contributed by atoms with E-state index in [2.05, 4.69) is 5.32 Å². The molecule has 0 bridgehead atoms. The van der Waals surface area contributed by atoms with Crippen molar-refractivity contribution in [2.75, 3.05) is 12.8 Å². The van der Waals surface area contributed by atoms with Crippen LogP contribution in [0.3, 0.4) is 0 Å². The number of nitrogens with zero attached hydrogens (tertiary/aromatic N) is 1. The number of halogens is 2. The van der Waals surface area contributed by atoms with Crippen molar-refractivity contribution in [3.63, 3.8) is 0 Å². The van der Waals surface area contributed by atoms with Gasteiger partial charge in [-0.15, -0.1) is 0 Å². The molecule has 0 aliphatic heterocycles. The summed E-state index contributed by atoms with van der Waals surface area (Å²) in [5.41, 5.74) is -1.41. The van der Waals surface area contributed by atoms with E-state index in [9.17, 15) is 27.9 Å². The van der Waals surface area contributed by atoms with Crippen LogP contribution < -0.4 is 5.32 Å². The van der Waals surface area contributed by atoms with Crippen LogP contribution in [0.4, 0.5) is 14.5 Å². The van der Waals surface area contributed by atoms with Gasteiger partial charge in [0, 0.05) is 28.9 Å². The molecule has 1 rings (SSSR count). The van der Waals surface area contributed by atoms with E-state index in [1.807, 2.05) is 0 Å². The molecule has 0 heterocycles. The van der Waals surface area contributed by atoms with Crippen LogP contribution >= 0.6 is 0 Å². The van der Waals surface area contributed by atoms with E-state index in [-0.39, 0.29) is 11.8 Å². The van der Waals surface area contributed by atoms with E-state index in [0.29, 0.717) is 12.1 Å². The fraction of sp³-hybridized carbons (Fsp3) is 0.364. The molecule has 0 aromatic heterocycles. The van der Waals surface area contributed by atoms with Gasteiger partial charge in [-0.1, -0.05) is 0 Å². The van der Waals surface area contributed by atoms with Gasteiger partial charge in [0.05, 0.1) is 11.0 Å². The lowest BCUT2D eigenvalue weighted by atomic mass is 10.1. The first-order valence-electron chi connectivity index (χ1n) is 5.48. The summed E-state index contributed by atoms with van der Waals surface area (Å²) in [5.74, 6) is -3.68. The van der Waals surface area contributed by atoms with Crippen molar-refractivity contribution in [1.82, 2.24) is 5.32 Å². The minimum absolute atomic E-state index is 0.00189. The van der Waals surface area contributed by atoms with Crippen LogP contribution in [0.15, 0.2) is 12.1 Å². The van der Waals surface area contributed by atoms with Crippen molar-refractivity contribution >= 4 is 22.4 Å². The van der Waals surface area contributed by atoms with Gasteiger partial charge >= 0.3 is 0 Å². The normalized spacial score (nSPS) is 13.6. The van der Waals surface area contributed by atoms with Crippen LogP contribution in [0.1, 0.15) is 17.3 Å². The molecule has 2 unspecified atom stereocenters. The molecule has 1 aromatic carbocycles. The van der Waals surface area contributed by atoms with Crippen LogP contribution in [0, 0.1) is 21.7 Å². The molecule has 0 aliphatic carbocycles. The van der Waals surface area contributed by atoms with Gasteiger partial charge in [-0.05, 0) is 13.0 Å². The van der Waals surface area contributed by atoms with Crippen molar-refractivity contribution in [2.24, 2.45) is 0 Å². The molecule has 6 nitrogen and oxygen atoms in total. The number of hydrogen-bond acceptors (Lipinski definition) is 4. The molecular formula is C11H12F2N2O4S. The summed E-state index contributed by atoms with van der Waals surface area (Å²) in [5, 5.41) is 12.6. The van der Waals surface area contributed by atoms with Gasteiger partial charge in [0.1, 0.15) is 5.56 Å². The van der Waals surface area contributed by atoms with Crippen LogP contribution in [0.5, 0.6) is 0 Å². The topological polar surface area (TPSA) is 89.3 Å². The third-order valence-electron chi connectivity index (χ3n) is 2.60. The fourth-order valence-electron chi connectivity index (χ4n) is 1.32. The summed E-state index contributed by atoms with van der Waals surface area (Å²) >= 11 is 0. The van der Waals surface area contributed by atoms with Crippen molar-refractivity contribution in [1.29, 1.82) is 0 Å². The lowest BCUT2D eigenvalue weighted by Crippen LogP contribution is -2.33. The summed E-state index contributed by atoms with van der Waals surface area (Å²) in [7, 11) is -1.19. The first-order valence-corrected chi connectivity index (χ1v) is 7.10. The number of hydrogen-bond donors (Lipinski definition) is 1. The monoisotopic (exact) mass is 306 g/mol. The van der Waals surface area contributed by atoms with E-state index in [1.54, 1.807) is 6.92 Å². The first-order chi connectivity index (χ1) is 9.23. The quantitative estimate of drug-likeness (QED) is 0.657.